The van der Waals surface area contributed by atoms with E-state index in [0.29, 0.717) is 12.0 Å². The summed E-state index contributed by atoms with van der Waals surface area (Å²) in [5.74, 6) is 3.41. The third kappa shape index (κ3) is 5.11. The second kappa shape index (κ2) is 8.41. The van der Waals surface area contributed by atoms with Crippen LogP contribution in [0.5, 0.6) is 11.5 Å². The Morgan fingerprint density at radius 1 is 1.04 bits per heavy atom. The molecule has 1 atom stereocenters. The number of hydrogen-bond acceptors (Lipinski definition) is 4. The summed E-state index contributed by atoms with van der Waals surface area (Å²) in [5, 5.41) is 0. The summed E-state index contributed by atoms with van der Waals surface area (Å²) in [5.41, 5.74) is 1.27. The van der Waals surface area contributed by atoms with Gasteiger partial charge in [-0.1, -0.05) is 13.8 Å². The molecule has 2 fully saturated rings. The zero-order valence-electron chi connectivity index (χ0n) is 16.3. The van der Waals surface area contributed by atoms with Gasteiger partial charge in [-0.3, -0.25) is 9.80 Å². The van der Waals surface area contributed by atoms with Gasteiger partial charge in [0.25, 0.3) is 0 Å². The third-order valence-corrected chi connectivity index (χ3v) is 5.61. The highest BCUT2D eigenvalue weighted by Crippen LogP contribution is 2.32. The lowest BCUT2D eigenvalue weighted by Gasteiger charge is -2.34. The molecule has 25 heavy (non-hydrogen) atoms. The summed E-state index contributed by atoms with van der Waals surface area (Å²) in [6.45, 7) is 10.6. The number of nitrogens with zero attached hydrogens (tertiary/aromatic N) is 2. The number of benzene rings is 1. The van der Waals surface area contributed by atoms with Crippen LogP contribution in [0.4, 0.5) is 0 Å². The molecule has 0 amide bonds. The number of ether oxygens (including phenoxy) is 2. The Kier molecular flexibility index (Phi) is 6.24. The van der Waals surface area contributed by atoms with Crippen LogP contribution in [-0.4, -0.2) is 56.2 Å². The van der Waals surface area contributed by atoms with Crippen molar-refractivity contribution in [2.45, 2.75) is 45.7 Å². The van der Waals surface area contributed by atoms with E-state index < -0.39 is 0 Å². The van der Waals surface area contributed by atoms with Crippen molar-refractivity contribution in [1.82, 2.24) is 9.80 Å². The average molecular weight is 347 g/mol. The normalized spacial score (nSPS) is 22.8. The van der Waals surface area contributed by atoms with Gasteiger partial charge in [-0.2, -0.15) is 0 Å². The lowest BCUT2D eigenvalue weighted by atomic mass is 10.0. The van der Waals surface area contributed by atoms with Crippen molar-refractivity contribution in [1.29, 1.82) is 0 Å². The molecule has 4 heteroatoms. The van der Waals surface area contributed by atoms with Crippen molar-refractivity contribution < 1.29 is 9.47 Å². The average Bonchev–Trinajstić information content (AvgIpc) is 3.43. The molecule has 1 aliphatic carbocycles. The first kappa shape index (κ1) is 18.5. The van der Waals surface area contributed by atoms with E-state index in [-0.39, 0.29) is 0 Å². The highest BCUT2D eigenvalue weighted by atomic mass is 16.5. The fourth-order valence-electron chi connectivity index (χ4n) is 3.99. The zero-order chi connectivity index (χ0) is 17.8. The van der Waals surface area contributed by atoms with E-state index in [2.05, 4.69) is 35.8 Å². The Balaban J connectivity index is 1.69. The Labute approximate surface area is 153 Å². The molecule has 0 aromatic heterocycles. The fourth-order valence-corrected chi connectivity index (χ4v) is 3.99. The first-order chi connectivity index (χ1) is 12.1. The van der Waals surface area contributed by atoms with E-state index in [4.69, 9.17) is 9.47 Å². The molecule has 0 radical (unpaired) electrons. The Bertz CT molecular complexity index is 535. The lowest BCUT2D eigenvalue weighted by Crippen LogP contribution is -2.45. The van der Waals surface area contributed by atoms with Crippen LogP contribution in [-0.2, 0) is 6.54 Å². The molecular formula is C21H34N2O2. The molecular weight excluding hydrogens is 312 g/mol. The van der Waals surface area contributed by atoms with Gasteiger partial charge in [0.2, 0.25) is 0 Å². The van der Waals surface area contributed by atoms with E-state index in [1.54, 1.807) is 14.2 Å². The van der Waals surface area contributed by atoms with E-state index in [1.165, 1.54) is 44.5 Å². The largest absolute Gasteiger partial charge is 0.497 e. The van der Waals surface area contributed by atoms with Gasteiger partial charge in [0, 0.05) is 31.7 Å². The molecule has 1 saturated heterocycles. The van der Waals surface area contributed by atoms with Crippen molar-refractivity contribution in [2.75, 3.05) is 40.4 Å². The van der Waals surface area contributed by atoms with Crippen LogP contribution in [0, 0.1) is 11.8 Å². The van der Waals surface area contributed by atoms with Crippen LogP contribution in [0.25, 0.3) is 0 Å². The molecule has 1 saturated carbocycles. The second-order valence-electron chi connectivity index (χ2n) is 8.06. The minimum absolute atomic E-state index is 0.663. The maximum absolute atomic E-state index is 5.43. The molecule has 0 N–H and O–H groups in total. The first-order valence-corrected chi connectivity index (χ1v) is 9.77. The molecule has 1 aromatic carbocycles. The maximum atomic E-state index is 5.43. The van der Waals surface area contributed by atoms with Crippen molar-refractivity contribution in [2.24, 2.45) is 11.8 Å². The standard InChI is InChI=1S/C21H34N2O2/c1-16(2)21-15-22(8-5-9-23(21)14-17-6-7-17)13-18-10-19(24-3)12-20(11-18)25-4/h10-12,16-17,21H,5-9,13-15H2,1-4H3/t21-/m0/s1. The van der Waals surface area contributed by atoms with Gasteiger partial charge in [-0.15, -0.1) is 0 Å². The molecule has 1 aromatic rings. The lowest BCUT2D eigenvalue weighted by molar-refractivity contribution is 0.132. The molecule has 1 aliphatic heterocycles. The van der Waals surface area contributed by atoms with Gasteiger partial charge >= 0.3 is 0 Å². The summed E-state index contributed by atoms with van der Waals surface area (Å²) < 4.78 is 10.9. The van der Waals surface area contributed by atoms with Crippen LogP contribution in [0.2, 0.25) is 0 Å². The quantitative estimate of drug-likeness (QED) is 0.752. The van der Waals surface area contributed by atoms with Gasteiger partial charge < -0.3 is 9.47 Å². The highest BCUT2D eigenvalue weighted by Gasteiger charge is 2.32. The number of methoxy groups -OCH3 is 2. The highest BCUT2D eigenvalue weighted by molar-refractivity contribution is 5.38. The van der Waals surface area contributed by atoms with Crippen molar-refractivity contribution in [3.63, 3.8) is 0 Å². The van der Waals surface area contributed by atoms with Gasteiger partial charge in [0.15, 0.2) is 0 Å². The summed E-state index contributed by atoms with van der Waals surface area (Å²) in [6.07, 6.45) is 4.14. The predicted molar refractivity (Wildman–Crippen MR) is 102 cm³/mol. The van der Waals surface area contributed by atoms with Gasteiger partial charge in [0.1, 0.15) is 11.5 Å². The van der Waals surface area contributed by atoms with Crippen LogP contribution in [0.1, 0.15) is 38.7 Å². The number of hydrogen-bond donors (Lipinski definition) is 0. The number of rotatable bonds is 7. The minimum Gasteiger partial charge on any atom is -0.497 e. The monoisotopic (exact) mass is 346 g/mol. The van der Waals surface area contributed by atoms with Crippen LogP contribution in [0.3, 0.4) is 0 Å². The minimum atomic E-state index is 0.663. The summed E-state index contributed by atoms with van der Waals surface area (Å²) >= 11 is 0. The van der Waals surface area contributed by atoms with Gasteiger partial charge in [0.05, 0.1) is 14.2 Å². The smallest absolute Gasteiger partial charge is 0.122 e. The summed E-state index contributed by atoms with van der Waals surface area (Å²) in [6, 6.07) is 6.88. The van der Waals surface area contributed by atoms with E-state index in [1.807, 2.05) is 6.07 Å². The topological polar surface area (TPSA) is 24.9 Å². The van der Waals surface area contributed by atoms with E-state index >= 15 is 0 Å². The first-order valence-electron chi connectivity index (χ1n) is 9.77. The molecule has 0 bridgehead atoms. The van der Waals surface area contributed by atoms with Crippen molar-refractivity contribution in [3.8, 4) is 11.5 Å². The fraction of sp³-hybridized carbons (Fsp3) is 0.714. The van der Waals surface area contributed by atoms with Crippen LogP contribution < -0.4 is 9.47 Å². The SMILES string of the molecule is COc1cc(CN2CCCN(CC3CC3)[C@H](C(C)C)C2)cc(OC)c1. The Morgan fingerprint density at radius 3 is 2.28 bits per heavy atom. The molecule has 4 nitrogen and oxygen atoms in total. The second-order valence-corrected chi connectivity index (χ2v) is 8.06. The van der Waals surface area contributed by atoms with Gasteiger partial charge in [-0.25, -0.2) is 0 Å². The molecule has 2 aliphatic rings. The van der Waals surface area contributed by atoms with Crippen molar-refractivity contribution in [3.05, 3.63) is 23.8 Å². The van der Waals surface area contributed by atoms with Crippen molar-refractivity contribution >= 4 is 0 Å². The molecule has 1 heterocycles. The Hall–Kier alpha value is -1.26. The van der Waals surface area contributed by atoms with Gasteiger partial charge in [-0.05, 0) is 61.9 Å². The molecule has 0 spiro atoms. The van der Waals surface area contributed by atoms with Crippen LogP contribution in [0.15, 0.2) is 18.2 Å². The maximum Gasteiger partial charge on any atom is 0.122 e. The summed E-state index contributed by atoms with van der Waals surface area (Å²) in [4.78, 5) is 5.39. The Morgan fingerprint density at radius 2 is 1.72 bits per heavy atom. The molecule has 140 valence electrons. The molecule has 0 unspecified atom stereocenters. The summed E-state index contributed by atoms with van der Waals surface area (Å²) in [7, 11) is 3.43. The van der Waals surface area contributed by atoms with E-state index in [0.717, 1.165) is 30.5 Å². The molecule has 3 rings (SSSR count). The predicted octanol–water partition coefficient (Wildman–Crippen LogP) is 3.65. The zero-order valence-corrected chi connectivity index (χ0v) is 16.3. The third-order valence-electron chi connectivity index (χ3n) is 5.61. The van der Waals surface area contributed by atoms with Crippen LogP contribution >= 0.6 is 0 Å². The van der Waals surface area contributed by atoms with E-state index in [9.17, 15) is 0 Å².